The van der Waals surface area contributed by atoms with Crippen LogP contribution in [-0.4, -0.2) is 9.38 Å². The molecule has 0 saturated carbocycles. The molecular weight excluding hydrogens is 157 g/mol. The summed E-state index contributed by atoms with van der Waals surface area (Å²) >= 11 is 0. The number of nitrogens with two attached hydrogens (primary N) is 1. The Labute approximate surface area is 68.6 Å². The molecule has 0 atom stereocenters. The Kier molecular flexibility index (Phi) is 1.55. The number of aromatic nitrogens is 2. The summed E-state index contributed by atoms with van der Waals surface area (Å²) in [6, 6.07) is 3.01. The highest BCUT2D eigenvalue weighted by Gasteiger charge is 2.04. The van der Waals surface area contributed by atoms with E-state index in [0.717, 1.165) is 5.69 Å². The number of pyridine rings is 1. The number of hydrogen-bond donors (Lipinski definition) is 1. The van der Waals surface area contributed by atoms with Crippen LogP contribution < -0.4 is 5.73 Å². The molecular formula is C8H8FN3. The van der Waals surface area contributed by atoms with Gasteiger partial charge in [-0.15, -0.1) is 0 Å². The van der Waals surface area contributed by atoms with Crippen molar-refractivity contribution in [2.75, 3.05) is 0 Å². The fourth-order valence-electron chi connectivity index (χ4n) is 1.18. The third-order valence-corrected chi connectivity index (χ3v) is 1.77. The van der Waals surface area contributed by atoms with Crippen LogP contribution >= 0.6 is 0 Å². The second kappa shape index (κ2) is 2.57. The van der Waals surface area contributed by atoms with Crippen LogP contribution in [-0.2, 0) is 6.54 Å². The number of nitrogens with zero attached hydrogens (tertiary/aromatic N) is 2. The van der Waals surface area contributed by atoms with Gasteiger partial charge in [0.15, 0.2) is 11.5 Å². The summed E-state index contributed by atoms with van der Waals surface area (Å²) in [5, 5.41) is 0. The van der Waals surface area contributed by atoms with E-state index in [1.165, 1.54) is 6.07 Å². The molecule has 0 fully saturated rings. The zero-order chi connectivity index (χ0) is 8.55. The van der Waals surface area contributed by atoms with Gasteiger partial charge < -0.3 is 10.1 Å². The van der Waals surface area contributed by atoms with Gasteiger partial charge in [-0.25, -0.2) is 9.37 Å². The number of halogens is 1. The predicted octanol–water partition coefficient (Wildman–Crippen LogP) is 0.932. The lowest BCUT2D eigenvalue weighted by atomic mass is 10.4. The lowest BCUT2D eigenvalue weighted by molar-refractivity contribution is 0.629. The molecule has 0 aliphatic heterocycles. The number of fused-ring (bicyclic) bond motifs is 1. The van der Waals surface area contributed by atoms with Crippen LogP contribution in [0.2, 0.25) is 0 Å². The average molecular weight is 165 g/mol. The molecule has 2 rings (SSSR count). The van der Waals surface area contributed by atoms with Gasteiger partial charge in [-0.1, -0.05) is 0 Å². The van der Waals surface area contributed by atoms with Crippen molar-refractivity contribution in [2.24, 2.45) is 5.73 Å². The number of rotatable bonds is 1. The Morgan fingerprint density at radius 3 is 3.17 bits per heavy atom. The van der Waals surface area contributed by atoms with Crippen molar-refractivity contribution in [3.8, 4) is 0 Å². The standard InChI is InChI=1S/C8H8FN3/c9-7-2-1-3-12-6(4-10)5-11-8(7)12/h1-3,5H,4,10H2. The van der Waals surface area contributed by atoms with E-state index in [4.69, 9.17) is 5.73 Å². The topological polar surface area (TPSA) is 43.3 Å². The van der Waals surface area contributed by atoms with Crippen molar-refractivity contribution in [1.29, 1.82) is 0 Å². The van der Waals surface area contributed by atoms with E-state index in [1.54, 1.807) is 22.9 Å². The van der Waals surface area contributed by atoms with Gasteiger partial charge in [-0.3, -0.25) is 0 Å². The molecule has 3 nitrogen and oxygen atoms in total. The first-order chi connectivity index (χ1) is 5.83. The lowest BCUT2D eigenvalue weighted by Crippen LogP contribution is -2.00. The van der Waals surface area contributed by atoms with Gasteiger partial charge in [0, 0.05) is 12.7 Å². The van der Waals surface area contributed by atoms with Gasteiger partial charge in [0.1, 0.15) is 0 Å². The predicted molar refractivity (Wildman–Crippen MR) is 43.0 cm³/mol. The minimum Gasteiger partial charge on any atom is -0.325 e. The molecule has 0 radical (unpaired) electrons. The average Bonchev–Trinajstić information content (AvgIpc) is 2.49. The molecule has 2 aromatic rings. The van der Waals surface area contributed by atoms with Crippen molar-refractivity contribution in [2.45, 2.75) is 6.54 Å². The van der Waals surface area contributed by atoms with Gasteiger partial charge in [-0.2, -0.15) is 0 Å². The third kappa shape index (κ3) is 0.887. The molecule has 0 amide bonds. The molecule has 0 aliphatic rings. The second-order valence-electron chi connectivity index (χ2n) is 2.50. The summed E-state index contributed by atoms with van der Waals surface area (Å²) in [6.07, 6.45) is 3.33. The Balaban J connectivity index is 2.80. The molecule has 0 saturated heterocycles. The second-order valence-corrected chi connectivity index (χ2v) is 2.50. The highest BCUT2D eigenvalue weighted by molar-refractivity contribution is 5.41. The lowest BCUT2D eigenvalue weighted by Gasteiger charge is -1.97. The van der Waals surface area contributed by atoms with Crippen molar-refractivity contribution in [1.82, 2.24) is 9.38 Å². The van der Waals surface area contributed by atoms with E-state index < -0.39 is 0 Å². The monoisotopic (exact) mass is 165 g/mol. The summed E-state index contributed by atoms with van der Waals surface area (Å²) in [6.45, 7) is 0.366. The van der Waals surface area contributed by atoms with Gasteiger partial charge in [-0.05, 0) is 12.1 Å². The van der Waals surface area contributed by atoms with E-state index in [1.807, 2.05) is 0 Å². The largest absolute Gasteiger partial charge is 0.325 e. The summed E-state index contributed by atoms with van der Waals surface area (Å²) in [4.78, 5) is 3.90. The normalized spacial score (nSPS) is 10.8. The van der Waals surface area contributed by atoms with Crippen LogP contribution in [0.25, 0.3) is 5.65 Å². The summed E-state index contributed by atoms with van der Waals surface area (Å²) < 4.78 is 14.7. The molecule has 0 aromatic carbocycles. The van der Waals surface area contributed by atoms with Crippen LogP contribution in [0.4, 0.5) is 4.39 Å². The van der Waals surface area contributed by atoms with Gasteiger partial charge in [0.25, 0.3) is 0 Å². The van der Waals surface area contributed by atoms with E-state index >= 15 is 0 Å². The Bertz CT molecular complexity index is 408. The van der Waals surface area contributed by atoms with E-state index in [2.05, 4.69) is 4.98 Å². The van der Waals surface area contributed by atoms with E-state index in [0.29, 0.717) is 12.2 Å². The van der Waals surface area contributed by atoms with Crippen molar-refractivity contribution < 1.29 is 4.39 Å². The maximum Gasteiger partial charge on any atom is 0.173 e. The van der Waals surface area contributed by atoms with Crippen LogP contribution in [0.1, 0.15) is 5.69 Å². The van der Waals surface area contributed by atoms with Crippen LogP contribution in [0.15, 0.2) is 24.5 Å². The van der Waals surface area contributed by atoms with Crippen LogP contribution in [0.5, 0.6) is 0 Å². The van der Waals surface area contributed by atoms with Crippen LogP contribution in [0, 0.1) is 5.82 Å². The molecule has 0 bridgehead atoms. The number of hydrogen-bond acceptors (Lipinski definition) is 2. The fourth-order valence-corrected chi connectivity index (χ4v) is 1.18. The zero-order valence-electron chi connectivity index (χ0n) is 6.37. The molecule has 0 aliphatic carbocycles. The highest BCUT2D eigenvalue weighted by Crippen LogP contribution is 2.09. The van der Waals surface area contributed by atoms with Crippen molar-refractivity contribution in [3.63, 3.8) is 0 Å². The molecule has 0 unspecified atom stereocenters. The van der Waals surface area contributed by atoms with Crippen LogP contribution in [0.3, 0.4) is 0 Å². The SMILES string of the molecule is NCc1cnc2c(F)cccn12. The molecule has 2 aromatic heterocycles. The van der Waals surface area contributed by atoms with E-state index in [9.17, 15) is 4.39 Å². The first kappa shape index (κ1) is 7.24. The fraction of sp³-hybridized carbons (Fsp3) is 0.125. The van der Waals surface area contributed by atoms with E-state index in [-0.39, 0.29) is 5.82 Å². The zero-order valence-corrected chi connectivity index (χ0v) is 6.37. The molecule has 2 N–H and O–H groups in total. The molecule has 62 valence electrons. The quantitative estimate of drug-likeness (QED) is 0.683. The maximum absolute atomic E-state index is 13.0. The third-order valence-electron chi connectivity index (χ3n) is 1.77. The summed E-state index contributed by atoms with van der Waals surface area (Å²) in [7, 11) is 0. The Hall–Kier alpha value is -1.42. The minimum absolute atomic E-state index is 0.322. The molecule has 4 heteroatoms. The molecule has 2 heterocycles. The first-order valence-electron chi connectivity index (χ1n) is 3.63. The first-order valence-corrected chi connectivity index (χ1v) is 3.63. The highest BCUT2D eigenvalue weighted by atomic mass is 19.1. The maximum atomic E-state index is 13.0. The van der Waals surface area contributed by atoms with Crippen molar-refractivity contribution in [3.05, 3.63) is 36.0 Å². The summed E-state index contributed by atoms with van der Waals surface area (Å²) in [5.74, 6) is -0.322. The van der Waals surface area contributed by atoms with Gasteiger partial charge >= 0.3 is 0 Å². The smallest absolute Gasteiger partial charge is 0.173 e. The number of imidazole rings is 1. The Morgan fingerprint density at radius 1 is 1.58 bits per heavy atom. The molecule has 0 spiro atoms. The molecule has 12 heavy (non-hydrogen) atoms. The van der Waals surface area contributed by atoms with Crippen molar-refractivity contribution >= 4 is 5.65 Å². The van der Waals surface area contributed by atoms with Gasteiger partial charge in [0.2, 0.25) is 0 Å². The Morgan fingerprint density at radius 2 is 2.42 bits per heavy atom. The van der Waals surface area contributed by atoms with Gasteiger partial charge in [0.05, 0.1) is 11.9 Å². The summed E-state index contributed by atoms with van der Waals surface area (Å²) in [5.41, 5.74) is 6.57. The minimum atomic E-state index is -0.322.